The number of benzene rings is 2. The van der Waals surface area contributed by atoms with Crippen molar-refractivity contribution >= 4 is 5.57 Å². The highest BCUT2D eigenvalue weighted by atomic mass is 19.4. The third-order valence-corrected chi connectivity index (χ3v) is 4.25. The molecule has 0 fully saturated rings. The van der Waals surface area contributed by atoms with Gasteiger partial charge in [0, 0.05) is 11.6 Å². The number of hydrogen-bond donors (Lipinski definition) is 1. The molecule has 1 aliphatic rings. The zero-order valence-electron chi connectivity index (χ0n) is 13.3. The summed E-state index contributed by atoms with van der Waals surface area (Å²) < 4.78 is 45.0. The number of phenols is 1. The van der Waals surface area contributed by atoms with Crippen LogP contribution in [0.5, 0.6) is 11.5 Å². The molecule has 0 spiro atoms. The van der Waals surface area contributed by atoms with Gasteiger partial charge in [0.25, 0.3) is 0 Å². The van der Waals surface area contributed by atoms with Crippen LogP contribution in [0.3, 0.4) is 0 Å². The maximum atomic E-state index is 13.0. The van der Waals surface area contributed by atoms with E-state index in [1.165, 1.54) is 18.2 Å². The Morgan fingerprint density at radius 3 is 2.54 bits per heavy atom. The maximum Gasteiger partial charge on any atom is 0.416 e. The SMILES string of the molecule is CCC1(C)C=C(c2cccc(C(F)(F)F)c2)c2ccc(O)cc2O1. The number of alkyl halides is 3. The van der Waals surface area contributed by atoms with Crippen molar-refractivity contribution in [3.8, 4) is 11.5 Å². The molecule has 0 aromatic heterocycles. The predicted octanol–water partition coefficient (Wildman–Crippen LogP) is 5.40. The molecule has 24 heavy (non-hydrogen) atoms. The molecule has 0 saturated heterocycles. The van der Waals surface area contributed by atoms with Crippen LogP contribution in [0, 0.1) is 0 Å². The summed E-state index contributed by atoms with van der Waals surface area (Å²) in [6.45, 7) is 3.81. The van der Waals surface area contributed by atoms with Gasteiger partial charge in [0.1, 0.15) is 17.1 Å². The number of phenolic OH excluding ortho intramolecular Hbond substituents is 1. The van der Waals surface area contributed by atoms with Crippen LogP contribution < -0.4 is 4.74 Å². The molecule has 3 rings (SSSR count). The lowest BCUT2D eigenvalue weighted by Gasteiger charge is -2.33. The molecule has 2 nitrogen and oxygen atoms in total. The van der Waals surface area contributed by atoms with Crippen LogP contribution in [0.15, 0.2) is 48.5 Å². The Labute approximate surface area is 138 Å². The minimum atomic E-state index is -4.40. The van der Waals surface area contributed by atoms with Crippen LogP contribution in [0.1, 0.15) is 37.0 Å². The number of hydrogen-bond acceptors (Lipinski definition) is 2. The summed E-state index contributed by atoms with van der Waals surface area (Å²) >= 11 is 0. The van der Waals surface area contributed by atoms with Crippen molar-refractivity contribution in [2.45, 2.75) is 32.0 Å². The summed E-state index contributed by atoms with van der Waals surface area (Å²) in [6.07, 6.45) is -1.90. The first-order chi connectivity index (χ1) is 11.2. The standard InChI is InChI=1S/C19H17F3O2/c1-3-18(2)11-16(15-8-7-14(23)10-17(15)24-18)12-5-4-6-13(9-12)19(20,21)22/h4-11,23H,3H2,1-2H3. The van der Waals surface area contributed by atoms with Gasteiger partial charge >= 0.3 is 6.18 Å². The Balaban J connectivity index is 2.18. The second-order valence-electron chi connectivity index (χ2n) is 6.09. The summed E-state index contributed by atoms with van der Waals surface area (Å²) in [4.78, 5) is 0. The Morgan fingerprint density at radius 1 is 1.12 bits per heavy atom. The highest BCUT2D eigenvalue weighted by Gasteiger charge is 2.33. The second kappa shape index (κ2) is 5.58. The zero-order chi connectivity index (χ0) is 17.5. The Kier molecular flexibility index (Phi) is 3.82. The van der Waals surface area contributed by atoms with Crippen molar-refractivity contribution in [2.75, 3.05) is 0 Å². The molecule has 0 aliphatic carbocycles. The first-order valence-electron chi connectivity index (χ1n) is 7.65. The average molecular weight is 334 g/mol. The zero-order valence-corrected chi connectivity index (χ0v) is 13.3. The lowest BCUT2D eigenvalue weighted by atomic mass is 9.87. The quantitative estimate of drug-likeness (QED) is 0.796. The second-order valence-corrected chi connectivity index (χ2v) is 6.09. The van der Waals surface area contributed by atoms with Crippen LogP contribution in [-0.2, 0) is 6.18 Å². The molecule has 1 N–H and O–H groups in total. The fourth-order valence-corrected chi connectivity index (χ4v) is 2.76. The van der Waals surface area contributed by atoms with Gasteiger partial charge in [-0.15, -0.1) is 0 Å². The van der Waals surface area contributed by atoms with Crippen molar-refractivity contribution in [1.29, 1.82) is 0 Å². The number of ether oxygens (including phenoxy) is 1. The maximum absolute atomic E-state index is 13.0. The Bertz CT molecular complexity index is 808. The van der Waals surface area contributed by atoms with Gasteiger partial charge in [0.05, 0.1) is 5.56 Å². The van der Waals surface area contributed by atoms with E-state index in [1.54, 1.807) is 12.1 Å². The average Bonchev–Trinajstić information content (AvgIpc) is 2.53. The van der Waals surface area contributed by atoms with E-state index in [1.807, 2.05) is 19.9 Å². The van der Waals surface area contributed by atoms with Crippen LogP contribution >= 0.6 is 0 Å². The molecule has 2 aromatic rings. The fourth-order valence-electron chi connectivity index (χ4n) is 2.76. The van der Waals surface area contributed by atoms with E-state index in [4.69, 9.17) is 4.74 Å². The van der Waals surface area contributed by atoms with Crippen LogP contribution in [-0.4, -0.2) is 10.7 Å². The monoisotopic (exact) mass is 334 g/mol. The van der Waals surface area contributed by atoms with E-state index < -0.39 is 17.3 Å². The summed E-state index contributed by atoms with van der Waals surface area (Å²) in [7, 11) is 0. The van der Waals surface area contributed by atoms with E-state index in [0.717, 1.165) is 12.1 Å². The lowest BCUT2D eigenvalue weighted by Crippen LogP contribution is -2.32. The molecule has 1 heterocycles. The highest BCUT2D eigenvalue weighted by Crippen LogP contribution is 2.42. The number of aromatic hydroxyl groups is 1. The van der Waals surface area contributed by atoms with Crippen molar-refractivity contribution in [3.63, 3.8) is 0 Å². The molecule has 0 radical (unpaired) electrons. The van der Waals surface area contributed by atoms with Crippen molar-refractivity contribution in [3.05, 3.63) is 65.2 Å². The number of rotatable bonds is 2. The number of halogens is 3. The van der Waals surface area contributed by atoms with Gasteiger partial charge < -0.3 is 9.84 Å². The van der Waals surface area contributed by atoms with E-state index >= 15 is 0 Å². The third-order valence-electron chi connectivity index (χ3n) is 4.25. The van der Waals surface area contributed by atoms with Crippen molar-refractivity contribution in [1.82, 2.24) is 0 Å². The molecule has 126 valence electrons. The normalized spacial score (nSPS) is 20.1. The lowest BCUT2D eigenvalue weighted by molar-refractivity contribution is -0.137. The topological polar surface area (TPSA) is 29.5 Å². The van der Waals surface area contributed by atoms with E-state index in [9.17, 15) is 18.3 Å². The van der Waals surface area contributed by atoms with Crippen molar-refractivity contribution in [2.24, 2.45) is 0 Å². The van der Waals surface area contributed by atoms with Gasteiger partial charge in [-0.3, -0.25) is 0 Å². The van der Waals surface area contributed by atoms with Crippen LogP contribution in [0.2, 0.25) is 0 Å². The first-order valence-corrected chi connectivity index (χ1v) is 7.65. The van der Waals surface area contributed by atoms with Crippen LogP contribution in [0.25, 0.3) is 5.57 Å². The van der Waals surface area contributed by atoms with Gasteiger partial charge in [-0.05, 0) is 54.8 Å². The van der Waals surface area contributed by atoms with Gasteiger partial charge in [-0.25, -0.2) is 0 Å². The highest BCUT2D eigenvalue weighted by molar-refractivity contribution is 5.85. The molecule has 2 aromatic carbocycles. The first kappa shape index (κ1) is 16.4. The summed E-state index contributed by atoms with van der Waals surface area (Å²) in [5.74, 6) is 0.520. The van der Waals surface area contributed by atoms with E-state index in [2.05, 4.69) is 0 Å². The molecule has 0 saturated carbocycles. The largest absolute Gasteiger partial charge is 0.508 e. The fraction of sp³-hybridized carbons (Fsp3) is 0.263. The molecule has 1 atom stereocenters. The summed E-state index contributed by atoms with van der Waals surface area (Å²) in [6, 6.07) is 9.90. The van der Waals surface area contributed by atoms with Gasteiger partial charge in [0.2, 0.25) is 0 Å². The minimum absolute atomic E-state index is 0.0532. The molecule has 5 heteroatoms. The molecule has 1 aliphatic heterocycles. The minimum Gasteiger partial charge on any atom is -0.508 e. The Morgan fingerprint density at radius 2 is 1.88 bits per heavy atom. The smallest absolute Gasteiger partial charge is 0.416 e. The molecule has 0 bridgehead atoms. The summed E-state index contributed by atoms with van der Waals surface area (Å²) in [5.41, 5.74) is 0.472. The molecular formula is C19H17F3O2. The molecule has 1 unspecified atom stereocenters. The molecular weight excluding hydrogens is 317 g/mol. The molecule has 0 amide bonds. The van der Waals surface area contributed by atoms with E-state index in [0.29, 0.717) is 28.9 Å². The predicted molar refractivity (Wildman–Crippen MR) is 86.0 cm³/mol. The van der Waals surface area contributed by atoms with Gasteiger partial charge in [-0.2, -0.15) is 13.2 Å². The number of fused-ring (bicyclic) bond motifs is 1. The van der Waals surface area contributed by atoms with E-state index in [-0.39, 0.29) is 5.75 Å². The summed E-state index contributed by atoms with van der Waals surface area (Å²) in [5, 5.41) is 9.69. The van der Waals surface area contributed by atoms with Gasteiger partial charge in [-0.1, -0.05) is 19.1 Å². The van der Waals surface area contributed by atoms with Crippen LogP contribution in [0.4, 0.5) is 13.2 Å². The van der Waals surface area contributed by atoms with Crippen molar-refractivity contribution < 1.29 is 23.0 Å². The van der Waals surface area contributed by atoms with Gasteiger partial charge in [0.15, 0.2) is 0 Å². The Hall–Kier alpha value is -2.43. The third kappa shape index (κ3) is 2.98.